The summed E-state index contributed by atoms with van der Waals surface area (Å²) in [6.45, 7) is 0.934. The molecular formula is C12H15N3O4. The van der Waals surface area contributed by atoms with Gasteiger partial charge in [-0.3, -0.25) is 14.9 Å². The molecule has 0 spiro atoms. The average molecular weight is 265 g/mol. The zero-order valence-electron chi connectivity index (χ0n) is 10.3. The van der Waals surface area contributed by atoms with Crippen molar-refractivity contribution in [1.29, 1.82) is 0 Å². The fraction of sp³-hybridized carbons (Fsp3) is 0.417. The molecule has 7 heteroatoms. The molecule has 3 N–H and O–H groups in total. The van der Waals surface area contributed by atoms with Gasteiger partial charge in [0.15, 0.2) is 0 Å². The molecule has 2 rings (SSSR count). The number of aliphatic hydroxyl groups is 1. The number of hydrogen-bond acceptors (Lipinski definition) is 5. The van der Waals surface area contributed by atoms with E-state index >= 15 is 0 Å². The van der Waals surface area contributed by atoms with E-state index in [-0.39, 0.29) is 11.3 Å². The Hall–Kier alpha value is -2.15. The Labute approximate surface area is 109 Å². The standard InChI is InChI=1S/C12H15N3O4/c13-12(17)8-3-4-10(15(18)19)11(6-8)14-5-1-2-9(16)7-14/h3-4,6,9,16H,1-2,5,7H2,(H2,13,17). The Morgan fingerprint density at radius 3 is 2.84 bits per heavy atom. The third-order valence-electron chi connectivity index (χ3n) is 3.19. The summed E-state index contributed by atoms with van der Waals surface area (Å²) < 4.78 is 0. The van der Waals surface area contributed by atoms with Crippen molar-refractivity contribution < 1.29 is 14.8 Å². The fourth-order valence-electron chi connectivity index (χ4n) is 2.26. The first-order valence-corrected chi connectivity index (χ1v) is 6.00. The van der Waals surface area contributed by atoms with Gasteiger partial charge in [-0.05, 0) is 25.0 Å². The lowest BCUT2D eigenvalue weighted by molar-refractivity contribution is -0.384. The van der Waals surface area contributed by atoms with Gasteiger partial charge in [0.25, 0.3) is 5.69 Å². The van der Waals surface area contributed by atoms with E-state index in [0.29, 0.717) is 25.2 Å². The average Bonchev–Trinajstić information content (AvgIpc) is 2.37. The van der Waals surface area contributed by atoms with E-state index in [2.05, 4.69) is 0 Å². The Bertz CT molecular complexity index is 518. The Morgan fingerprint density at radius 2 is 2.26 bits per heavy atom. The molecule has 1 saturated heterocycles. The molecule has 102 valence electrons. The van der Waals surface area contributed by atoms with Crippen LogP contribution in [0.25, 0.3) is 0 Å². The number of hydrogen-bond donors (Lipinski definition) is 2. The minimum absolute atomic E-state index is 0.0842. The molecule has 0 aliphatic carbocycles. The Morgan fingerprint density at radius 1 is 1.53 bits per heavy atom. The van der Waals surface area contributed by atoms with Crippen LogP contribution in [0.15, 0.2) is 18.2 Å². The van der Waals surface area contributed by atoms with Crippen molar-refractivity contribution in [3.63, 3.8) is 0 Å². The van der Waals surface area contributed by atoms with E-state index in [0.717, 1.165) is 6.42 Å². The van der Waals surface area contributed by atoms with Gasteiger partial charge in [-0.15, -0.1) is 0 Å². The van der Waals surface area contributed by atoms with E-state index in [1.54, 1.807) is 4.90 Å². The van der Waals surface area contributed by atoms with Crippen molar-refractivity contribution >= 4 is 17.3 Å². The molecule has 19 heavy (non-hydrogen) atoms. The van der Waals surface area contributed by atoms with Crippen LogP contribution in [0, 0.1) is 10.1 Å². The molecular weight excluding hydrogens is 250 g/mol. The summed E-state index contributed by atoms with van der Waals surface area (Å²) in [7, 11) is 0. The van der Waals surface area contributed by atoms with Crippen LogP contribution in [0.1, 0.15) is 23.2 Å². The first kappa shape index (κ1) is 13.3. The molecule has 1 aliphatic rings. The highest BCUT2D eigenvalue weighted by Crippen LogP contribution is 2.31. The number of primary amides is 1. The number of nitro groups is 1. The largest absolute Gasteiger partial charge is 0.391 e. The van der Waals surface area contributed by atoms with Crippen molar-refractivity contribution in [3.8, 4) is 0 Å². The van der Waals surface area contributed by atoms with Crippen molar-refractivity contribution in [1.82, 2.24) is 0 Å². The molecule has 0 radical (unpaired) electrons. The Balaban J connectivity index is 2.42. The molecule has 1 heterocycles. The van der Waals surface area contributed by atoms with E-state index in [1.165, 1.54) is 18.2 Å². The molecule has 1 aromatic rings. The van der Waals surface area contributed by atoms with Gasteiger partial charge in [-0.25, -0.2) is 0 Å². The van der Waals surface area contributed by atoms with Gasteiger partial charge in [-0.2, -0.15) is 0 Å². The van der Waals surface area contributed by atoms with Crippen LogP contribution in [-0.4, -0.2) is 35.1 Å². The van der Waals surface area contributed by atoms with E-state index in [4.69, 9.17) is 5.73 Å². The number of β-amino-alcohol motifs (C(OH)–C–C–N with tert-alkyl or cyclic N) is 1. The lowest BCUT2D eigenvalue weighted by Gasteiger charge is -2.31. The maximum atomic E-state index is 11.2. The summed E-state index contributed by atoms with van der Waals surface area (Å²) in [5.74, 6) is -0.631. The molecule has 1 amide bonds. The van der Waals surface area contributed by atoms with Crippen molar-refractivity contribution in [2.45, 2.75) is 18.9 Å². The van der Waals surface area contributed by atoms with Gasteiger partial charge < -0.3 is 15.7 Å². The molecule has 7 nitrogen and oxygen atoms in total. The number of piperidine rings is 1. The third-order valence-corrected chi connectivity index (χ3v) is 3.19. The maximum absolute atomic E-state index is 11.2. The van der Waals surface area contributed by atoms with Crippen LogP contribution in [-0.2, 0) is 0 Å². The van der Waals surface area contributed by atoms with E-state index in [9.17, 15) is 20.0 Å². The van der Waals surface area contributed by atoms with Gasteiger partial charge in [0, 0.05) is 24.7 Å². The van der Waals surface area contributed by atoms with E-state index < -0.39 is 16.9 Å². The van der Waals surface area contributed by atoms with Crippen LogP contribution in [0.4, 0.5) is 11.4 Å². The summed E-state index contributed by atoms with van der Waals surface area (Å²) in [6.07, 6.45) is 0.921. The zero-order chi connectivity index (χ0) is 14.0. The zero-order valence-corrected chi connectivity index (χ0v) is 10.3. The monoisotopic (exact) mass is 265 g/mol. The number of anilines is 1. The number of benzene rings is 1. The fourth-order valence-corrected chi connectivity index (χ4v) is 2.26. The number of nitrogens with two attached hydrogens (primary N) is 1. The minimum Gasteiger partial charge on any atom is -0.391 e. The van der Waals surface area contributed by atoms with Crippen molar-refractivity contribution in [2.75, 3.05) is 18.0 Å². The van der Waals surface area contributed by atoms with E-state index in [1.807, 2.05) is 0 Å². The quantitative estimate of drug-likeness (QED) is 0.616. The number of nitrogens with zero attached hydrogens (tertiary/aromatic N) is 2. The van der Waals surface area contributed by atoms with Gasteiger partial charge >= 0.3 is 0 Å². The first-order chi connectivity index (χ1) is 8.99. The van der Waals surface area contributed by atoms with Crippen molar-refractivity contribution in [2.24, 2.45) is 5.73 Å². The SMILES string of the molecule is NC(=O)c1ccc([N+](=O)[O-])c(N2CCCC(O)C2)c1. The minimum atomic E-state index is -0.631. The number of nitro benzene ring substituents is 1. The number of aliphatic hydroxyl groups excluding tert-OH is 1. The van der Waals surface area contributed by atoms with Crippen LogP contribution >= 0.6 is 0 Å². The molecule has 1 aliphatic heterocycles. The maximum Gasteiger partial charge on any atom is 0.292 e. The second kappa shape index (κ2) is 5.23. The predicted molar refractivity (Wildman–Crippen MR) is 69.1 cm³/mol. The molecule has 1 unspecified atom stereocenters. The van der Waals surface area contributed by atoms with Gasteiger partial charge in [-0.1, -0.05) is 0 Å². The van der Waals surface area contributed by atoms with Crippen LogP contribution < -0.4 is 10.6 Å². The van der Waals surface area contributed by atoms with Crippen LogP contribution in [0.2, 0.25) is 0 Å². The number of carbonyl (C=O) groups excluding carboxylic acids is 1. The van der Waals surface area contributed by atoms with Gasteiger partial charge in [0.1, 0.15) is 5.69 Å². The summed E-state index contributed by atoms with van der Waals surface area (Å²) in [6, 6.07) is 4.03. The lowest BCUT2D eigenvalue weighted by atomic mass is 10.1. The second-order valence-corrected chi connectivity index (χ2v) is 4.57. The Kier molecular flexibility index (Phi) is 3.66. The predicted octanol–water partition coefficient (Wildman–Crippen LogP) is 0.655. The first-order valence-electron chi connectivity index (χ1n) is 6.00. The highest BCUT2D eigenvalue weighted by molar-refractivity contribution is 5.94. The van der Waals surface area contributed by atoms with Crippen LogP contribution in [0.3, 0.4) is 0 Å². The molecule has 1 atom stereocenters. The second-order valence-electron chi connectivity index (χ2n) is 4.57. The topological polar surface area (TPSA) is 110 Å². The highest BCUT2D eigenvalue weighted by atomic mass is 16.6. The lowest BCUT2D eigenvalue weighted by Crippen LogP contribution is -2.38. The molecule has 0 saturated carbocycles. The molecule has 1 fully saturated rings. The molecule has 1 aromatic carbocycles. The summed E-state index contributed by atoms with van der Waals surface area (Å²) in [5.41, 5.74) is 5.66. The normalized spacial score (nSPS) is 19.2. The number of carbonyl (C=O) groups is 1. The van der Waals surface area contributed by atoms with Gasteiger partial charge in [0.05, 0.1) is 11.0 Å². The smallest absolute Gasteiger partial charge is 0.292 e. The summed E-state index contributed by atoms with van der Waals surface area (Å²) in [5, 5.41) is 20.7. The third kappa shape index (κ3) is 2.82. The van der Waals surface area contributed by atoms with Gasteiger partial charge in [0.2, 0.25) is 5.91 Å². The number of amides is 1. The summed E-state index contributed by atoms with van der Waals surface area (Å²) in [4.78, 5) is 23.4. The van der Waals surface area contributed by atoms with Crippen LogP contribution in [0.5, 0.6) is 0 Å². The molecule has 0 bridgehead atoms. The highest BCUT2D eigenvalue weighted by Gasteiger charge is 2.25. The van der Waals surface area contributed by atoms with Crippen molar-refractivity contribution in [3.05, 3.63) is 33.9 Å². The summed E-state index contributed by atoms with van der Waals surface area (Å²) >= 11 is 0. The molecule has 0 aromatic heterocycles. The number of rotatable bonds is 3.